The molecular weight excluding hydrogens is 186 g/mol. The van der Waals surface area contributed by atoms with Crippen LogP contribution in [0, 0.1) is 0 Å². The van der Waals surface area contributed by atoms with Crippen molar-refractivity contribution in [2.75, 3.05) is 0 Å². The topological polar surface area (TPSA) is 26.0 Å². The highest BCUT2D eigenvalue weighted by atomic mass is 35.5. The molecule has 0 spiro atoms. The lowest BCUT2D eigenvalue weighted by atomic mass is 9.88. The quantitative estimate of drug-likeness (QED) is 0.698. The van der Waals surface area contributed by atoms with E-state index in [0.29, 0.717) is 5.89 Å². The maximum absolute atomic E-state index is 5.85. The molecule has 1 heterocycles. The molecule has 1 atom stereocenters. The van der Waals surface area contributed by atoms with Crippen LogP contribution in [0.3, 0.4) is 0 Å². The molecule has 1 aromatic heterocycles. The largest absolute Gasteiger partial charge is 0.444 e. The Labute approximate surface area is 84.3 Å². The summed E-state index contributed by atoms with van der Waals surface area (Å²) in [5.41, 5.74) is 0.0526. The Morgan fingerprint density at radius 2 is 2.23 bits per heavy atom. The Bertz CT molecular complexity index is 278. The van der Waals surface area contributed by atoms with Crippen molar-refractivity contribution in [3.8, 4) is 0 Å². The average molecular weight is 202 g/mol. The normalized spacial score (nSPS) is 14.5. The fourth-order valence-electron chi connectivity index (χ4n) is 0.959. The number of alkyl halides is 1. The van der Waals surface area contributed by atoms with E-state index in [0.717, 1.165) is 12.2 Å². The van der Waals surface area contributed by atoms with Gasteiger partial charge in [0, 0.05) is 5.41 Å². The van der Waals surface area contributed by atoms with Crippen molar-refractivity contribution in [2.45, 2.75) is 44.9 Å². The molecule has 0 aliphatic heterocycles. The second-order valence-electron chi connectivity index (χ2n) is 3.92. The van der Waals surface area contributed by atoms with Crippen LogP contribution in [0.4, 0.5) is 0 Å². The van der Waals surface area contributed by atoms with Crippen molar-refractivity contribution in [3.05, 3.63) is 17.8 Å². The lowest BCUT2D eigenvalue weighted by molar-refractivity contribution is 0.355. The zero-order valence-corrected chi connectivity index (χ0v) is 9.35. The maximum Gasteiger partial charge on any atom is 0.212 e. The van der Waals surface area contributed by atoms with Gasteiger partial charge in [-0.3, -0.25) is 0 Å². The van der Waals surface area contributed by atoms with Crippen molar-refractivity contribution < 1.29 is 4.42 Å². The summed E-state index contributed by atoms with van der Waals surface area (Å²) in [6, 6.07) is 0. The molecule has 0 aromatic carbocycles. The first-order valence-corrected chi connectivity index (χ1v) is 5.01. The summed E-state index contributed by atoms with van der Waals surface area (Å²) >= 11 is 5.85. The van der Waals surface area contributed by atoms with E-state index < -0.39 is 0 Å². The number of rotatable bonds is 3. The predicted molar refractivity (Wildman–Crippen MR) is 54.1 cm³/mol. The van der Waals surface area contributed by atoms with Gasteiger partial charge >= 0.3 is 0 Å². The van der Waals surface area contributed by atoms with Gasteiger partial charge in [-0.2, -0.15) is 0 Å². The van der Waals surface area contributed by atoms with Gasteiger partial charge in [0.1, 0.15) is 11.1 Å². The average Bonchev–Trinajstić information content (AvgIpc) is 2.52. The lowest BCUT2D eigenvalue weighted by Crippen LogP contribution is -2.13. The standard InChI is InChI=1S/C10H16ClNO/c1-5-10(3,4)8-6-12-9(13-8)7(2)11/h6-7H,5H2,1-4H3. The first-order chi connectivity index (χ1) is 5.97. The third-order valence-electron chi connectivity index (χ3n) is 2.41. The van der Waals surface area contributed by atoms with Crippen LogP contribution in [0.2, 0.25) is 0 Å². The number of oxazole rings is 1. The molecule has 3 heteroatoms. The van der Waals surface area contributed by atoms with Crippen molar-refractivity contribution in [1.82, 2.24) is 4.98 Å². The summed E-state index contributed by atoms with van der Waals surface area (Å²) in [4.78, 5) is 4.13. The van der Waals surface area contributed by atoms with Crippen LogP contribution >= 0.6 is 11.6 Å². The van der Waals surface area contributed by atoms with Crippen molar-refractivity contribution >= 4 is 11.6 Å². The van der Waals surface area contributed by atoms with Crippen molar-refractivity contribution in [1.29, 1.82) is 0 Å². The first-order valence-electron chi connectivity index (χ1n) is 4.57. The lowest BCUT2D eigenvalue weighted by Gasteiger charge is -2.18. The number of halogens is 1. The number of hydrogen-bond acceptors (Lipinski definition) is 2. The van der Waals surface area contributed by atoms with Crippen LogP contribution in [-0.2, 0) is 5.41 Å². The van der Waals surface area contributed by atoms with E-state index >= 15 is 0 Å². The Kier molecular flexibility index (Phi) is 3.01. The highest BCUT2D eigenvalue weighted by Gasteiger charge is 2.23. The van der Waals surface area contributed by atoms with Gasteiger partial charge in [0.05, 0.1) is 6.20 Å². The molecule has 0 saturated carbocycles. The molecule has 1 aromatic rings. The minimum atomic E-state index is -0.151. The van der Waals surface area contributed by atoms with E-state index in [-0.39, 0.29) is 10.8 Å². The van der Waals surface area contributed by atoms with Gasteiger partial charge in [-0.05, 0) is 13.3 Å². The second kappa shape index (κ2) is 3.70. The van der Waals surface area contributed by atoms with Crippen molar-refractivity contribution in [3.63, 3.8) is 0 Å². The van der Waals surface area contributed by atoms with Crippen LogP contribution in [0.5, 0.6) is 0 Å². The monoisotopic (exact) mass is 201 g/mol. The third-order valence-corrected chi connectivity index (χ3v) is 2.60. The Morgan fingerprint density at radius 3 is 2.62 bits per heavy atom. The first kappa shape index (κ1) is 10.6. The number of hydrogen-bond donors (Lipinski definition) is 0. The molecule has 0 N–H and O–H groups in total. The Morgan fingerprint density at radius 1 is 1.62 bits per heavy atom. The summed E-state index contributed by atoms with van der Waals surface area (Å²) < 4.78 is 5.56. The van der Waals surface area contributed by atoms with Gasteiger partial charge in [-0.15, -0.1) is 11.6 Å². The molecule has 0 bridgehead atoms. The van der Waals surface area contributed by atoms with Gasteiger partial charge in [0.15, 0.2) is 0 Å². The van der Waals surface area contributed by atoms with E-state index in [1.165, 1.54) is 0 Å². The van der Waals surface area contributed by atoms with Gasteiger partial charge in [-0.25, -0.2) is 4.98 Å². The van der Waals surface area contributed by atoms with Gasteiger partial charge in [0.2, 0.25) is 5.89 Å². The summed E-state index contributed by atoms with van der Waals surface area (Å²) in [6.45, 7) is 8.26. The summed E-state index contributed by atoms with van der Waals surface area (Å²) in [5.74, 6) is 1.52. The fraction of sp³-hybridized carbons (Fsp3) is 0.700. The summed E-state index contributed by atoms with van der Waals surface area (Å²) in [6.07, 6.45) is 2.80. The fourth-order valence-corrected chi connectivity index (χ4v) is 1.06. The summed E-state index contributed by atoms with van der Waals surface area (Å²) in [5, 5.41) is -0.151. The van der Waals surface area contributed by atoms with E-state index in [1.807, 2.05) is 6.92 Å². The smallest absolute Gasteiger partial charge is 0.212 e. The van der Waals surface area contributed by atoms with E-state index in [4.69, 9.17) is 16.0 Å². The number of nitrogens with zero attached hydrogens (tertiary/aromatic N) is 1. The molecule has 1 rings (SSSR count). The molecule has 74 valence electrons. The highest BCUT2D eigenvalue weighted by molar-refractivity contribution is 6.20. The van der Waals surface area contributed by atoms with Gasteiger partial charge in [-0.1, -0.05) is 20.8 Å². The van der Waals surface area contributed by atoms with Crippen LogP contribution in [0.1, 0.15) is 51.1 Å². The van der Waals surface area contributed by atoms with Gasteiger partial charge < -0.3 is 4.42 Å². The molecule has 0 aliphatic carbocycles. The number of aromatic nitrogens is 1. The Balaban J connectivity index is 2.91. The Hall–Kier alpha value is -0.500. The minimum absolute atomic E-state index is 0.0526. The van der Waals surface area contributed by atoms with E-state index in [9.17, 15) is 0 Å². The summed E-state index contributed by atoms with van der Waals surface area (Å²) in [7, 11) is 0. The molecule has 0 aliphatic rings. The molecule has 1 unspecified atom stereocenters. The molecule has 0 fully saturated rings. The molecule has 0 radical (unpaired) electrons. The predicted octanol–water partition coefficient (Wildman–Crippen LogP) is 3.66. The van der Waals surface area contributed by atoms with E-state index in [2.05, 4.69) is 25.8 Å². The third kappa shape index (κ3) is 2.25. The van der Waals surface area contributed by atoms with Crippen LogP contribution in [0.15, 0.2) is 10.6 Å². The zero-order chi connectivity index (χ0) is 10.1. The van der Waals surface area contributed by atoms with Crippen molar-refractivity contribution in [2.24, 2.45) is 0 Å². The highest BCUT2D eigenvalue weighted by Crippen LogP contribution is 2.29. The zero-order valence-electron chi connectivity index (χ0n) is 8.60. The second-order valence-corrected chi connectivity index (χ2v) is 4.57. The van der Waals surface area contributed by atoms with Crippen LogP contribution in [0.25, 0.3) is 0 Å². The maximum atomic E-state index is 5.85. The van der Waals surface area contributed by atoms with E-state index in [1.54, 1.807) is 6.20 Å². The van der Waals surface area contributed by atoms with Gasteiger partial charge in [0.25, 0.3) is 0 Å². The molecule has 13 heavy (non-hydrogen) atoms. The molecule has 2 nitrogen and oxygen atoms in total. The molecule has 0 saturated heterocycles. The minimum Gasteiger partial charge on any atom is -0.444 e. The molecule has 0 amide bonds. The van der Waals surface area contributed by atoms with Crippen LogP contribution in [-0.4, -0.2) is 4.98 Å². The van der Waals surface area contributed by atoms with Crippen LogP contribution < -0.4 is 0 Å². The molecular formula is C10H16ClNO. The SMILES string of the molecule is CCC(C)(C)c1cnc(C(C)Cl)o1.